The number of nitrogens with zero attached hydrogens (tertiary/aromatic N) is 3. The number of methoxy groups -OCH3 is 2. The fourth-order valence-electron chi connectivity index (χ4n) is 1.41. The lowest BCUT2D eigenvalue weighted by atomic mass is 10.3. The van der Waals surface area contributed by atoms with Crippen LogP contribution in [-0.2, 0) is 4.74 Å². The summed E-state index contributed by atoms with van der Waals surface area (Å²) in [5.74, 6) is 1.07. The van der Waals surface area contributed by atoms with Gasteiger partial charge in [-0.2, -0.15) is 15.0 Å². The first-order valence-corrected chi connectivity index (χ1v) is 6.57. The summed E-state index contributed by atoms with van der Waals surface area (Å²) >= 11 is 0. The van der Waals surface area contributed by atoms with Gasteiger partial charge in [0.1, 0.15) is 0 Å². The summed E-state index contributed by atoms with van der Waals surface area (Å²) in [6.45, 7) is 4.47. The highest BCUT2D eigenvalue weighted by Crippen LogP contribution is 2.10. The van der Waals surface area contributed by atoms with Gasteiger partial charge in [0.15, 0.2) is 0 Å². The SMILES string of the molecule is CCCNc1nc(NCCCCOC)nc(OC)n1. The van der Waals surface area contributed by atoms with Crippen molar-refractivity contribution in [2.45, 2.75) is 26.2 Å². The first-order chi connectivity index (χ1) is 9.30. The molecule has 0 bridgehead atoms. The minimum atomic E-state index is 0.313. The number of ether oxygens (including phenoxy) is 2. The van der Waals surface area contributed by atoms with E-state index in [-0.39, 0.29) is 0 Å². The van der Waals surface area contributed by atoms with E-state index in [0.717, 1.165) is 39.0 Å². The molecule has 0 saturated carbocycles. The molecule has 19 heavy (non-hydrogen) atoms. The van der Waals surface area contributed by atoms with Gasteiger partial charge in [-0.25, -0.2) is 0 Å². The Kier molecular flexibility index (Phi) is 7.57. The van der Waals surface area contributed by atoms with Crippen molar-refractivity contribution in [3.63, 3.8) is 0 Å². The van der Waals surface area contributed by atoms with Crippen LogP contribution in [0.15, 0.2) is 0 Å². The summed E-state index contributed by atoms with van der Waals surface area (Å²) in [4.78, 5) is 12.6. The van der Waals surface area contributed by atoms with E-state index >= 15 is 0 Å². The number of unbranched alkanes of at least 4 members (excludes halogenated alkanes) is 1. The molecule has 1 aromatic heterocycles. The van der Waals surface area contributed by atoms with Crippen LogP contribution in [-0.4, -0.2) is 48.9 Å². The Balaban J connectivity index is 2.50. The molecule has 7 nitrogen and oxygen atoms in total. The predicted octanol–water partition coefficient (Wildman–Crippen LogP) is 1.54. The zero-order valence-corrected chi connectivity index (χ0v) is 11.9. The second-order valence-electron chi connectivity index (χ2n) is 4.02. The largest absolute Gasteiger partial charge is 0.467 e. The molecule has 0 saturated heterocycles. The van der Waals surface area contributed by atoms with E-state index in [4.69, 9.17) is 9.47 Å². The average molecular weight is 269 g/mol. The topological polar surface area (TPSA) is 81.2 Å². The van der Waals surface area contributed by atoms with Gasteiger partial charge in [0.25, 0.3) is 0 Å². The van der Waals surface area contributed by atoms with Gasteiger partial charge in [0, 0.05) is 26.8 Å². The number of anilines is 2. The average Bonchev–Trinajstić information content (AvgIpc) is 2.44. The molecule has 0 amide bonds. The summed E-state index contributed by atoms with van der Waals surface area (Å²) in [7, 11) is 3.25. The predicted molar refractivity (Wildman–Crippen MR) is 74.8 cm³/mol. The maximum absolute atomic E-state index is 5.06. The quantitative estimate of drug-likeness (QED) is 0.623. The second kappa shape index (κ2) is 9.32. The van der Waals surface area contributed by atoms with E-state index < -0.39 is 0 Å². The van der Waals surface area contributed by atoms with Crippen LogP contribution in [0.25, 0.3) is 0 Å². The zero-order chi connectivity index (χ0) is 13.9. The van der Waals surface area contributed by atoms with Crippen LogP contribution in [0.4, 0.5) is 11.9 Å². The highest BCUT2D eigenvalue weighted by Gasteiger charge is 2.05. The third-order valence-corrected chi connectivity index (χ3v) is 2.39. The zero-order valence-electron chi connectivity index (χ0n) is 11.9. The van der Waals surface area contributed by atoms with Gasteiger partial charge in [-0.1, -0.05) is 6.92 Å². The number of hydrogen-bond acceptors (Lipinski definition) is 7. The third-order valence-electron chi connectivity index (χ3n) is 2.39. The highest BCUT2D eigenvalue weighted by atomic mass is 16.5. The lowest BCUT2D eigenvalue weighted by molar-refractivity contribution is 0.193. The first kappa shape index (κ1) is 15.4. The fraction of sp³-hybridized carbons (Fsp3) is 0.750. The Labute approximate surface area is 114 Å². The van der Waals surface area contributed by atoms with E-state index in [1.165, 1.54) is 0 Å². The molecule has 0 fully saturated rings. The molecule has 0 aliphatic rings. The molecular weight excluding hydrogens is 246 g/mol. The van der Waals surface area contributed by atoms with E-state index in [1.54, 1.807) is 14.2 Å². The molecule has 1 heterocycles. The molecule has 108 valence electrons. The van der Waals surface area contributed by atoms with Gasteiger partial charge in [0.2, 0.25) is 11.9 Å². The van der Waals surface area contributed by atoms with Crippen molar-refractivity contribution in [3.05, 3.63) is 0 Å². The molecule has 0 radical (unpaired) electrons. The minimum Gasteiger partial charge on any atom is -0.467 e. The van der Waals surface area contributed by atoms with Crippen molar-refractivity contribution < 1.29 is 9.47 Å². The van der Waals surface area contributed by atoms with Crippen molar-refractivity contribution in [2.75, 3.05) is 44.5 Å². The fourth-order valence-corrected chi connectivity index (χ4v) is 1.41. The van der Waals surface area contributed by atoms with Crippen LogP contribution in [0.5, 0.6) is 6.01 Å². The van der Waals surface area contributed by atoms with E-state index in [2.05, 4.69) is 32.5 Å². The molecule has 7 heteroatoms. The summed E-state index contributed by atoms with van der Waals surface area (Å²) in [6, 6.07) is 0.313. The van der Waals surface area contributed by atoms with Crippen molar-refractivity contribution >= 4 is 11.9 Å². The smallest absolute Gasteiger partial charge is 0.322 e. The van der Waals surface area contributed by atoms with Gasteiger partial charge in [0.05, 0.1) is 7.11 Å². The Morgan fingerprint density at radius 2 is 1.63 bits per heavy atom. The third kappa shape index (κ3) is 6.19. The minimum absolute atomic E-state index is 0.313. The molecule has 0 aliphatic carbocycles. The number of aromatic nitrogens is 3. The lowest BCUT2D eigenvalue weighted by Gasteiger charge is -2.08. The van der Waals surface area contributed by atoms with E-state index in [1.807, 2.05) is 0 Å². The standard InChI is InChI=1S/C12H23N5O2/c1-4-7-13-10-15-11(17-12(16-10)19-3)14-8-5-6-9-18-2/h4-9H2,1-3H3,(H2,13,14,15,16,17). The number of rotatable bonds is 10. The molecular formula is C12H23N5O2. The molecule has 0 unspecified atom stereocenters. The van der Waals surface area contributed by atoms with Crippen molar-refractivity contribution in [2.24, 2.45) is 0 Å². The highest BCUT2D eigenvalue weighted by molar-refractivity contribution is 5.35. The molecule has 0 atom stereocenters. The first-order valence-electron chi connectivity index (χ1n) is 6.57. The maximum Gasteiger partial charge on any atom is 0.322 e. The van der Waals surface area contributed by atoms with Crippen LogP contribution in [0, 0.1) is 0 Å². The van der Waals surface area contributed by atoms with Gasteiger partial charge >= 0.3 is 6.01 Å². The summed E-state index contributed by atoms with van der Waals surface area (Å²) < 4.78 is 10.1. The molecule has 0 aliphatic heterocycles. The normalized spacial score (nSPS) is 10.3. The van der Waals surface area contributed by atoms with Gasteiger partial charge in [-0.3, -0.25) is 0 Å². The Morgan fingerprint density at radius 3 is 2.21 bits per heavy atom. The molecule has 1 aromatic rings. The molecule has 2 N–H and O–H groups in total. The summed E-state index contributed by atoms with van der Waals surface area (Å²) in [5.41, 5.74) is 0. The van der Waals surface area contributed by atoms with Gasteiger partial charge < -0.3 is 20.1 Å². The van der Waals surface area contributed by atoms with Crippen LogP contribution < -0.4 is 15.4 Å². The van der Waals surface area contributed by atoms with Crippen LogP contribution >= 0.6 is 0 Å². The summed E-state index contributed by atoms with van der Waals surface area (Å²) in [5, 5.41) is 6.28. The van der Waals surface area contributed by atoms with E-state index in [0.29, 0.717) is 17.9 Å². The van der Waals surface area contributed by atoms with Crippen LogP contribution in [0.2, 0.25) is 0 Å². The molecule has 0 aromatic carbocycles. The van der Waals surface area contributed by atoms with E-state index in [9.17, 15) is 0 Å². The van der Waals surface area contributed by atoms with Crippen molar-refractivity contribution in [3.8, 4) is 6.01 Å². The monoisotopic (exact) mass is 269 g/mol. The molecule has 1 rings (SSSR count). The van der Waals surface area contributed by atoms with Gasteiger partial charge in [-0.05, 0) is 19.3 Å². The van der Waals surface area contributed by atoms with Crippen molar-refractivity contribution in [1.29, 1.82) is 0 Å². The van der Waals surface area contributed by atoms with Crippen molar-refractivity contribution in [1.82, 2.24) is 15.0 Å². The Bertz CT molecular complexity index is 362. The molecule has 0 spiro atoms. The number of nitrogens with one attached hydrogen (secondary N) is 2. The lowest BCUT2D eigenvalue weighted by Crippen LogP contribution is -2.11. The van der Waals surface area contributed by atoms with Crippen LogP contribution in [0.1, 0.15) is 26.2 Å². The maximum atomic E-state index is 5.06. The summed E-state index contributed by atoms with van der Waals surface area (Å²) in [6.07, 6.45) is 3.01. The van der Waals surface area contributed by atoms with Crippen LogP contribution in [0.3, 0.4) is 0 Å². The second-order valence-corrected chi connectivity index (χ2v) is 4.02. The number of hydrogen-bond donors (Lipinski definition) is 2. The Hall–Kier alpha value is -1.63. The van der Waals surface area contributed by atoms with Gasteiger partial charge in [-0.15, -0.1) is 0 Å². The Morgan fingerprint density at radius 1 is 0.947 bits per heavy atom.